The molecule has 3 amide bonds. The lowest BCUT2D eigenvalue weighted by atomic mass is 10.0. The third kappa shape index (κ3) is 7.89. The molecule has 0 unspecified atom stereocenters. The summed E-state index contributed by atoms with van der Waals surface area (Å²) >= 11 is 0. The van der Waals surface area contributed by atoms with Crippen LogP contribution in [0.4, 0.5) is 26.8 Å². The molecular formula is C30H40N6O6. The highest BCUT2D eigenvalue weighted by atomic mass is 16.6. The summed E-state index contributed by atoms with van der Waals surface area (Å²) < 4.78 is 16.7. The number of nitrogens with one attached hydrogen (secondary N) is 3. The predicted molar refractivity (Wildman–Crippen MR) is 160 cm³/mol. The van der Waals surface area contributed by atoms with Gasteiger partial charge in [-0.3, -0.25) is 20.1 Å². The van der Waals surface area contributed by atoms with E-state index in [2.05, 4.69) is 30.8 Å². The molecule has 1 fully saturated rings. The van der Waals surface area contributed by atoms with E-state index in [1.165, 1.54) is 0 Å². The number of carbonyl (C=O) groups excluding carboxylic acids is 3. The maximum absolute atomic E-state index is 13.8. The Kier molecular flexibility index (Phi) is 8.93. The molecular weight excluding hydrogens is 540 g/mol. The summed E-state index contributed by atoms with van der Waals surface area (Å²) in [5, 5.41) is 8.45. The fraction of sp³-hybridized carbons (Fsp3) is 0.500. The van der Waals surface area contributed by atoms with Gasteiger partial charge in [-0.1, -0.05) is 6.92 Å². The van der Waals surface area contributed by atoms with Crippen molar-refractivity contribution in [3.63, 3.8) is 0 Å². The lowest BCUT2D eigenvalue weighted by molar-refractivity contribution is 0.0498. The van der Waals surface area contributed by atoms with Crippen LogP contribution in [0.1, 0.15) is 77.2 Å². The number of anilines is 3. The zero-order valence-corrected chi connectivity index (χ0v) is 25.3. The van der Waals surface area contributed by atoms with Gasteiger partial charge in [-0.15, -0.1) is 0 Å². The zero-order valence-electron chi connectivity index (χ0n) is 25.3. The van der Waals surface area contributed by atoms with E-state index in [9.17, 15) is 14.4 Å². The Balaban J connectivity index is 1.59. The summed E-state index contributed by atoms with van der Waals surface area (Å²) in [5.41, 5.74) is 1.51. The molecule has 1 aliphatic rings. The van der Waals surface area contributed by atoms with Crippen LogP contribution in [0.2, 0.25) is 0 Å². The van der Waals surface area contributed by atoms with E-state index in [-0.39, 0.29) is 17.5 Å². The first kappa shape index (κ1) is 30.6. The maximum atomic E-state index is 13.8. The highest BCUT2D eigenvalue weighted by Crippen LogP contribution is 2.33. The number of nitrogens with zero attached hydrogens (tertiary/aromatic N) is 3. The maximum Gasteiger partial charge on any atom is 0.414 e. The van der Waals surface area contributed by atoms with Crippen molar-refractivity contribution in [3.05, 3.63) is 41.9 Å². The first-order chi connectivity index (χ1) is 19.7. The van der Waals surface area contributed by atoms with Crippen molar-refractivity contribution in [2.24, 2.45) is 0 Å². The predicted octanol–water partition coefficient (Wildman–Crippen LogP) is 5.88. The number of furan rings is 1. The number of aryl methyl sites for hydroxylation is 1. The van der Waals surface area contributed by atoms with Crippen molar-refractivity contribution in [1.29, 1.82) is 0 Å². The summed E-state index contributed by atoms with van der Waals surface area (Å²) in [5.74, 6) is -0.603. The minimum absolute atomic E-state index is 0.0661. The number of carbonyl (C=O) groups is 3. The highest BCUT2D eigenvalue weighted by molar-refractivity contribution is 6.16. The zero-order chi connectivity index (χ0) is 30.7. The van der Waals surface area contributed by atoms with Crippen molar-refractivity contribution in [2.75, 3.05) is 28.6 Å². The van der Waals surface area contributed by atoms with E-state index in [1.807, 2.05) is 33.8 Å². The van der Waals surface area contributed by atoms with Crippen LogP contribution in [0.25, 0.3) is 11.1 Å². The van der Waals surface area contributed by atoms with Crippen molar-refractivity contribution >= 4 is 46.5 Å². The number of hydrogen-bond acceptors (Lipinski definition) is 9. The number of pyridine rings is 2. The van der Waals surface area contributed by atoms with Gasteiger partial charge in [0.25, 0.3) is 5.91 Å². The first-order valence-corrected chi connectivity index (χ1v) is 14.1. The standard InChI is InChI=1S/C30H40N6O6/c1-8-18-14-22-24(32-15-18)23(26(40-22)35-28(39)42-30(5,6)7)25(37)34-20-16-31-12-11-21(20)36-13-9-10-19(17-36)33-27(38)41-29(2,3)4/h11-12,14-16,19H,8-10,13,17H2,1-7H3,(H,33,38)(H,34,37)(H,35,39)/t19-/m0/s1. The topological polar surface area (TPSA) is 148 Å². The number of rotatable bonds is 6. The number of alkyl carbamates (subject to hydrolysis) is 1. The number of ether oxygens (including phenoxy) is 2. The molecule has 0 aliphatic carbocycles. The second kappa shape index (κ2) is 12.3. The molecule has 3 aromatic heterocycles. The Hall–Kier alpha value is -4.35. The molecule has 1 atom stereocenters. The summed E-state index contributed by atoms with van der Waals surface area (Å²) in [6.07, 6.45) is 6.01. The van der Waals surface area contributed by atoms with E-state index in [1.54, 1.807) is 45.4 Å². The lowest BCUT2D eigenvalue weighted by Gasteiger charge is -2.35. The Bertz CT molecular complexity index is 1450. The third-order valence-corrected chi connectivity index (χ3v) is 6.36. The van der Waals surface area contributed by atoms with Gasteiger partial charge in [0.1, 0.15) is 22.3 Å². The fourth-order valence-corrected chi connectivity index (χ4v) is 4.64. The number of piperidine rings is 1. The molecule has 3 aromatic rings. The van der Waals surface area contributed by atoms with E-state index in [0.717, 1.165) is 37.1 Å². The van der Waals surface area contributed by atoms with Crippen LogP contribution in [0, 0.1) is 0 Å². The molecule has 1 aliphatic heterocycles. The van der Waals surface area contributed by atoms with Gasteiger partial charge in [-0.05, 0) is 78.5 Å². The Morgan fingerprint density at radius 1 is 1.05 bits per heavy atom. The number of aromatic nitrogens is 2. The SMILES string of the molecule is CCc1cnc2c(C(=O)Nc3cnccc3N3CCC[C@H](NC(=O)OC(C)(C)C)C3)c(NC(=O)OC(C)(C)C)oc2c1. The van der Waals surface area contributed by atoms with Crippen LogP contribution in [0.5, 0.6) is 0 Å². The van der Waals surface area contributed by atoms with Crippen LogP contribution in [-0.2, 0) is 15.9 Å². The highest BCUT2D eigenvalue weighted by Gasteiger charge is 2.29. The largest absolute Gasteiger partial charge is 0.444 e. The molecule has 0 saturated carbocycles. The Labute approximate surface area is 245 Å². The first-order valence-electron chi connectivity index (χ1n) is 14.1. The lowest BCUT2D eigenvalue weighted by Crippen LogP contribution is -2.49. The minimum Gasteiger partial charge on any atom is -0.444 e. The molecule has 0 bridgehead atoms. The van der Waals surface area contributed by atoms with E-state index < -0.39 is 29.3 Å². The molecule has 0 radical (unpaired) electrons. The normalized spacial score (nSPS) is 15.7. The summed E-state index contributed by atoms with van der Waals surface area (Å²) in [7, 11) is 0. The third-order valence-electron chi connectivity index (χ3n) is 6.36. The van der Waals surface area contributed by atoms with Gasteiger partial charge in [0.15, 0.2) is 5.58 Å². The van der Waals surface area contributed by atoms with Gasteiger partial charge in [0, 0.05) is 31.5 Å². The monoisotopic (exact) mass is 580 g/mol. The minimum atomic E-state index is -0.759. The Morgan fingerprint density at radius 3 is 2.45 bits per heavy atom. The van der Waals surface area contributed by atoms with Gasteiger partial charge in [-0.25, -0.2) is 9.59 Å². The molecule has 12 nitrogen and oxygen atoms in total. The van der Waals surface area contributed by atoms with Crippen LogP contribution >= 0.6 is 0 Å². The number of hydrogen-bond donors (Lipinski definition) is 3. The van der Waals surface area contributed by atoms with Crippen molar-refractivity contribution < 1.29 is 28.3 Å². The summed E-state index contributed by atoms with van der Waals surface area (Å²) in [6.45, 7) is 13.9. The second-order valence-electron chi connectivity index (χ2n) is 12.3. The summed E-state index contributed by atoms with van der Waals surface area (Å²) in [4.78, 5) is 49.5. The quantitative estimate of drug-likeness (QED) is 0.325. The average molecular weight is 581 g/mol. The molecule has 12 heteroatoms. The molecule has 1 saturated heterocycles. The molecule has 4 rings (SSSR count). The van der Waals surface area contributed by atoms with Crippen LogP contribution < -0.4 is 20.9 Å². The molecule has 0 spiro atoms. The van der Waals surface area contributed by atoms with Crippen LogP contribution in [0.15, 0.2) is 35.1 Å². The van der Waals surface area contributed by atoms with E-state index >= 15 is 0 Å². The van der Waals surface area contributed by atoms with E-state index in [4.69, 9.17) is 13.9 Å². The van der Waals surface area contributed by atoms with Crippen molar-refractivity contribution in [1.82, 2.24) is 15.3 Å². The molecule has 0 aromatic carbocycles. The van der Waals surface area contributed by atoms with Crippen molar-refractivity contribution in [3.8, 4) is 0 Å². The van der Waals surface area contributed by atoms with Gasteiger partial charge in [-0.2, -0.15) is 0 Å². The summed E-state index contributed by atoms with van der Waals surface area (Å²) in [6, 6.07) is 3.47. The smallest absolute Gasteiger partial charge is 0.414 e. The fourth-order valence-electron chi connectivity index (χ4n) is 4.64. The van der Waals surface area contributed by atoms with Gasteiger partial charge >= 0.3 is 12.2 Å². The number of fused-ring (bicyclic) bond motifs is 1. The second-order valence-corrected chi connectivity index (χ2v) is 12.3. The van der Waals surface area contributed by atoms with Gasteiger partial charge in [0.05, 0.1) is 17.6 Å². The van der Waals surface area contributed by atoms with Crippen molar-refractivity contribution in [2.45, 2.75) is 85.0 Å². The van der Waals surface area contributed by atoms with Crippen LogP contribution in [-0.4, -0.2) is 58.4 Å². The number of amides is 3. The van der Waals surface area contributed by atoms with Crippen LogP contribution in [0.3, 0.4) is 0 Å². The molecule has 226 valence electrons. The Morgan fingerprint density at radius 2 is 1.76 bits per heavy atom. The van der Waals surface area contributed by atoms with Gasteiger partial charge in [0.2, 0.25) is 5.88 Å². The van der Waals surface area contributed by atoms with Gasteiger partial charge < -0.3 is 29.4 Å². The average Bonchev–Trinajstić information content (AvgIpc) is 3.23. The molecule has 3 N–H and O–H groups in total. The van der Waals surface area contributed by atoms with E-state index in [0.29, 0.717) is 23.3 Å². The molecule has 4 heterocycles. The molecule has 42 heavy (non-hydrogen) atoms.